The fourth-order valence-electron chi connectivity index (χ4n) is 1.01. The molecule has 6 heteroatoms. The third-order valence-electron chi connectivity index (χ3n) is 1.88. The van der Waals surface area contributed by atoms with E-state index in [-0.39, 0.29) is 0 Å². The van der Waals surface area contributed by atoms with Gasteiger partial charge in [-0.3, -0.25) is 0 Å². The maximum atomic E-state index is 12.6. The van der Waals surface area contributed by atoms with Gasteiger partial charge in [0.1, 0.15) is 12.2 Å². The average molecular weight is 182 g/mol. The van der Waals surface area contributed by atoms with Gasteiger partial charge < -0.3 is 25.2 Å². The lowest BCUT2D eigenvalue weighted by Crippen LogP contribution is -2.61. The van der Waals surface area contributed by atoms with Crippen molar-refractivity contribution in [3.05, 3.63) is 0 Å². The highest BCUT2D eigenvalue weighted by molar-refractivity contribution is 4.91. The molecular formula is C6H11FO5. The summed E-state index contributed by atoms with van der Waals surface area (Å²) in [5.74, 6) is -2.25. The zero-order chi connectivity index (χ0) is 9.35. The van der Waals surface area contributed by atoms with E-state index in [0.29, 0.717) is 0 Å². The molecule has 0 spiro atoms. The van der Waals surface area contributed by atoms with Gasteiger partial charge in [-0.15, -0.1) is 0 Å². The first-order chi connectivity index (χ1) is 5.51. The molecule has 12 heavy (non-hydrogen) atoms. The summed E-state index contributed by atoms with van der Waals surface area (Å²) in [6, 6.07) is 0. The highest BCUT2D eigenvalue weighted by atomic mass is 19.1. The molecule has 72 valence electrons. The molecule has 1 aliphatic heterocycles. The molecule has 4 atom stereocenters. The second-order valence-corrected chi connectivity index (χ2v) is 2.77. The van der Waals surface area contributed by atoms with Crippen LogP contribution in [0.2, 0.25) is 0 Å². The lowest BCUT2D eigenvalue weighted by molar-refractivity contribution is -0.324. The van der Waals surface area contributed by atoms with Crippen molar-refractivity contribution >= 4 is 0 Å². The van der Waals surface area contributed by atoms with E-state index >= 15 is 0 Å². The Bertz CT molecular complexity index is 166. The molecule has 0 aliphatic carbocycles. The van der Waals surface area contributed by atoms with E-state index < -0.39 is 37.4 Å². The van der Waals surface area contributed by atoms with Crippen LogP contribution >= 0.6 is 0 Å². The van der Waals surface area contributed by atoms with Crippen LogP contribution in [0.25, 0.3) is 0 Å². The zero-order valence-corrected chi connectivity index (χ0v) is 6.22. The normalized spacial score (nSPS) is 49.2. The van der Waals surface area contributed by atoms with Crippen LogP contribution in [0.1, 0.15) is 0 Å². The van der Waals surface area contributed by atoms with Crippen molar-refractivity contribution in [1.82, 2.24) is 0 Å². The Labute approximate surface area is 68.0 Å². The number of hydrogen-bond donors (Lipinski definition) is 4. The van der Waals surface area contributed by atoms with E-state index in [1.54, 1.807) is 0 Å². The highest BCUT2D eigenvalue weighted by Gasteiger charge is 2.48. The van der Waals surface area contributed by atoms with Gasteiger partial charge >= 0.3 is 0 Å². The monoisotopic (exact) mass is 182 g/mol. The Hall–Kier alpha value is -0.270. The molecule has 0 bridgehead atoms. The molecule has 0 amide bonds. The first-order valence-electron chi connectivity index (χ1n) is 3.48. The quantitative estimate of drug-likeness (QED) is 0.368. The molecule has 5 nitrogen and oxygen atoms in total. The van der Waals surface area contributed by atoms with E-state index in [0.717, 1.165) is 0 Å². The van der Waals surface area contributed by atoms with Crippen LogP contribution in [0.5, 0.6) is 0 Å². The topological polar surface area (TPSA) is 90.2 Å². The minimum Gasteiger partial charge on any atom is -0.391 e. The van der Waals surface area contributed by atoms with Gasteiger partial charge in [0.05, 0.1) is 13.2 Å². The summed E-state index contributed by atoms with van der Waals surface area (Å²) in [5.41, 5.74) is 0. The molecular weight excluding hydrogens is 171 g/mol. The summed E-state index contributed by atoms with van der Waals surface area (Å²) in [6.07, 6.45) is -5.30. The number of aliphatic hydroxyl groups excluding tert-OH is 3. The molecule has 0 aromatic carbocycles. The van der Waals surface area contributed by atoms with Crippen LogP contribution in [0.3, 0.4) is 0 Å². The van der Waals surface area contributed by atoms with Gasteiger partial charge in [0, 0.05) is 0 Å². The predicted octanol–water partition coefficient (Wildman–Crippen LogP) is -2.24. The van der Waals surface area contributed by atoms with E-state index in [1.807, 2.05) is 0 Å². The van der Waals surface area contributed by atoms with Crippen molar-refractivity contribution in [3.63, 3.8) is 0 Å². The number of hydrogen-bond acceptors (Lipinski definition) is 5. The largest absolute Gasteiger partial charge is 0.391 e. The Morgan fingerprint density at radius 1 is 1.50 bits per heavy atom. The van der Waals surface area contributed by atoms with Crippen LogP contribution < -0.4 is 0 Å². The SMILES string of the molecule is OC[C@@]1(O)OC[C@H](F)[C@@H](O)[C@@H]1O. The van der Waals surface area contributed by atoms with E-state index in [4.69, 9.17) is 15.3 Å². The second-order valence-electron chi connectivity index (χ2n) is 2.77. The predicted molar refractivity (Wildman–Crippen MR) is 34.9 cm³/mol. The summed E-state index contributed by atoms with van der Waals surface area (Å²) >= 11 is 0. The molecule has 0 aromatic heterocycles. The lowest BCUT2D eigenvalue weighted by Gasteiger charge is -2.39. The first kappa shape index (κ1) is 9.82. The summed E-state index contributed by atoms with van der Waals surface area (Å²) < 4.78 is 17.0. The summed E-state index contributed by atoms with van der Waals surface area (Å²) in [7, 11) is 0. The minimum atomic E-state index is -2.25. The van der Waals surface area contributed by atoms with E-state index in [9.17, 15) is 9.50 Å². The minimum absolute atomic E-state index is 0.546. The summed E-state index contributed by atoms with van der Waals surface area (Å²) in [4.78, 5) is 0. The summed E-state index contributed by atoms with van der Waals surface area (Å²) in [5, 5.41) is 35.7. The van der Waals surface area contributed by atoms with Crippen LogP contribution in [-0.4, -0.2) is 57.8 Å². The molecule has 4 N–H and O–H groups in total. The maximum absolute atomic E-state index is 12.6. The molecule has 1 saturated heterocycles. The number of ether oxygens (including phenoxy) is 1. The number of rotatable bonds is 1. The smallest absolute Gasteiger partial charge is 0.218 e. The van der Waals surface area contributed by atoms with Gasteiger partial charge in [-0.05, 0) is 0 Å². The van der Waals surface area contributed by atoms with Gasteiger partial charge in [0.2, 0.25) is 5.79 Å². The van der Waals surface area contributed by atoms with Crippen LogP contribution in [0, 0.1) is 0 Å². The molecule has 0 unspecified atom stereocenters. The molecule has 1 rings (SSSR count). The van der Waals surface area contributed by atoms with Crippen molar-refractivity contribution in [2.24, 2.45) is 0 Å². The van der Waals surface area contributed by atoms with Gasteiger partial charge in [-0.2, -0.15) is 0 Å². The Kier molecular flexibility index (Phi) is 2.64. The van der Waals surface area contributed by atoms with Gasteiger partial charge in [-0.1, -0.05) is 0 Å². The number of aliphatic hydroxyl groups is 4. The Morgan fingerprint density at radius 2 is 2.08 bits per heavy atom. The molecule has 0 radical (unpaired) electrons. The van der Waals surface area contributed by atoms with Crippen LogP contribution in [0.15, 0.2) is 0 Å². The standard InChI is InChI=1S/C6H11FO5/c7-3-1-12-6(11,2-8)5(10)4(3)9/h3-5,8-11H,1-2H2/t3-,4+,5-,6+/m0/s1. The lowest BCUT2D eigenvalue weighted by atomic mass is 9.98. The molecule has 1 aliphatic rings. The maximum Gasteiger partial charge on any atom is 0.218 e. The van der Waals surface area contributed by atoms with Gasteiger partial charge in [0.25, 0.3) is 0 Å². The van der Waals surface area contributed by atoms with Crippen molar-refractivity contribution in [1.29, 1.82) is 0 Å². The van der Waals surface area contributed by atoms with Crippen molar-refractivity contribution in [2.45, 2.75) is 24.2 Å². The van der Waals surface area contributed by atoms with Crippen molar-refractivity contribution in [2.75, 3.05) is 13.2 Å². The van der Waals surface area contributed by atoms with Crippen LogP contribution in [0.4, 0.5) is 4.39 Å². The zero-order valence-electron chi connectivity index (χ0n) is 6.22. The second kappa shape index (κ2) is 3.23. The molecule has 1 heterocycles. The fourth-order valence-corrected chi connectivity index (χ4v) is 1.01. The van der Waals surface area contributed by atoms with Crippen molar-refractivity contribution < 1.29 is 29.6 Å². The van der Waals surface area contributed by atoms with E-state index in [1.165, 1.54) is 0 Å². The van der Waals surface area contributed by atoms with Gasteiger partial charge in [0.15, 0.2) is 6.17 Å². The first-order valence-corrected chi connectivity index (χ1v) is 3.48. The van der Waals surface area contributed by atoms with E-state index in [2.05, 4.69) is 4.74 Å². The van der Waals surface area contributed by atoms with Gasteiger partial charge in [-0.25, -0.2) is 4.39 Å². The number of halogens is 1. The summed E-state index contributed by atoms with van der Waals surface area (Å²) in [6.45, 7) is -1.44. The fraction of sp³-hybridized carbons (Fsp3) is 1.00. The molecule has 1 fully saturated rings. The van der Waals surface area contributed by atoms with Crippen LogP contribution in [-0.2, 0) is 4.74 Å². The highest BCUT2D eigenvalue weighted by Crippen LogP contribution is 2.24. The third kappa shape index (κ3) is 1.44. The van der Waals surface area contributed by atoms with Crippen molar-refractivity contribution in [3.8, 4) is 0 Å². The third-order valence-corrected chi connectivity index (χ3v) is 1.88. The Morgan fingerprint density at radius 3 is 2.58 bits per heavy atom. The molecule has 0 aromatic rings. The average Bonchev–Trinajstić information content (AvgIpc) is 2.09. The molecule has 0 saturated carbocycles. The number of alkyl halides is 1. The Balaban J connectivity index is 2.71.